The Hall–Kier alpha value is -1.84. The number of H-pyrrole nitrogens is 1. The fourth-order valence-corrected chi connectivity index (χ4v) is 6.04. The number of hydrogen-bond donors (Lipinski definition) is 1. The molecular weight excluding hydrogens is 486 g/mol. The van der Waals surface area contributed by atoms with Gasteiger partial charge in [-0.15, -0.1) is 4.31 Å². The lowest BCUT2D eigenvalue weighted by Gasteiger charge is -2.33. The fraction of sp³-hybridized carbons (Fsp3) is 0.375. The number of rotatable bonds is 8. The van der Waals surface area contributed by atoms with Crippen LogP contribution in [0.3, 0.4) is 0 Å². The summed E-state index contributed by atoms with van der Waals surface area (Å²) in [6.07, 6.45) is 4.52. The van der Waals surface area contributed by atoms with Crippen molar-refractivity contribution in [3.05, 3.63) is 82.3 Å². The van der Waals surface area contributed by atoms with Crippen LogP contribution < -0.4 is 4.90 Å². The normalized spacial score (nSPS) is 17.9. The van der Waals surface area contributed by atoms with Crippen LogP contribution in [0.1, 0.15) is 16.8 Å². The zero-order valence-electron chi connectivity index (χ0n) is 18.6. The molecule has 8 heteroatoms. The second kappa shape index (κ2) is 10.9. The van der Waals surface area contributed by atoms with Gasteiger partial charge in [0.25, 0.3) is 0 Å². The smallest absolute Gasteiger partial charge is 0.138 e. The average Bonchev–Trinajstić information content (AvgIpc) is 3.24. The van der Waals surface area contributed by atoms with Crippen LogP contribution in [0.25, 0.3) is 0 Å². The fourth-order valence-electron chi connectivity index (χ4n) is 4.12. The molecule has 1 aromatic heterocycles. The summed E-state index contributed by atoms with van der Waals surface area (Å²) in [6, 6.07) is 17.0. The number of benzene rings is 2. The number of imidazole rings is 1. The van der Waals surface area contributed by atoms with Crippen LogP contribution in [0.2, 0.25) is 0 Å². The van der Waals surface area contributed by atoms with E-state index in [-0.39, 0.29) is 6.04 Å². The van der Waals surface area contributed by atoms with Gasteiger partial charge in [0, 0.05) is 40.8 Å². The van der Waals surface area contributed by atoms with Gasteiger partial charge in [-0.2, -0.15) is 0 Å². The third kappa shape index (κ3) is 5.94. The van der Waals surface area contributed by atoms with Gasteiger partial charge in [-0.1, -0.05) is 46.3 Å². The lowest BCUT2D eigenvalue weighted by Crippen LogP contribution is -2.47. The first-order valence-corrected chi connectivity index (χ1v) is 12.9. The summed E-state index contributed by atoms with van der Waals surface area (Å²) in [5.41, 5.74) is 4.63. The van der Waals surface area contributed by atoms with E-state index in [1.165, 1.54) is 16.8 Å². The van der Waals surface area contributed by atoms with Crippen molar-refractivity contribution in [3.8, 4) is 0 Å². The van der Waals surface area contributed by atoms with Crippen LogP contribution in [-0.4, -0.2) is 62.7 Å². The standard InChI is InChI=1S/C24H30BrN5OS/c1-28(2)10-11-32(31)30-15-20-13-21(25)8-9-24(20)29(16-22-14-26-18-27-22)17-23(30)12-19-6-4-3-5-7-19/h3-9,13-14,18,23H,10-12,15-17H2,1-2H3,(H,26,27)/t23-,32?/m1/s1. The average molecular weight is 517 g/mol. The minimum atomic E-state index is -1.08. The van der Waals surface area contributed by atoms with Crippen LogP contribution >= 0.6 is 15.9 Å². The number of nitrogens with one attached hydrogen (secondary N) is 1. The van der Waals surface area contributed by atoms with E-state index in [1.54, 1.807) is 6.33 Å². The maximum atomic E-state index is 13.5. The van der Waals surface area contributed by atoms with Crippen molar-refractivity contribution >= 4 is 33.0 Å². The Morgan fingerprint density at radius 1 is 1.22 bits per heavy atom. The maximum absolute atomic E-state index is 13.5. The summed E-state index contributed by atoms with van der Waals surface area (Å²) in [5, 5.41) is 0. The molecule has 1 N–H and O–H groups in total. The summed E-state index contributed by atoms with van der Waals surface area (Å²) < 4.78 is 16.8. The first-order chi connectivity index (χ1) is 15.5. The van der Waals surface area contributed by atoms with Gasteiger partial charge in [-0.3, -0.25) is 0 Å². The van der Waals surface area contributed by atoms with Gasteiger partial charge in [0.15, 0.2) is 0 Å². The Balaban J connectivity index is 1.68. The molecule has 0 saturated heterocycles. The van der Waals surface area contributed by atoms with Crippen LogP contribution in [-0.2, 0) is 30.9 Å². The zero-order valence-corrected chi connectivity index (χ0v) is 21.0. The van der Waals surface area contributed by atoms with Crippen LogP contribution in [0.15, 0.2) is 65.5 Å². The largest absolute Gasteiger partial charge is 0.598 e. The molecule has 1 unspecified atom stereocenters. The molecule has 0 saturated carbocycles. The molecule has 0 bridgehead atoms. The van der Waals surface area contributed by atoms with Crippen molar-refractivity contribution in [1.82, 2.24) is 19.2 Å². The highest BCUT2D eigenvalue weighted by atomic mass is 79.9. The van der Waals surface area contributed by atoms with Gasteiger partial charge in [-0.05, 0) is 49.8 Å². The second-order valence-corrected chi connectivity index (χ2v) is 10.9. The first-order valence-electron chi connectivity index (χ1n) is 10.8. The summed E-state index contributed by atoms with van der Waals surface area (Å²) in [4.78, 5) is 12.0. The van der Waals surface area contributed by atoms with E-state index in [1.807, 2.05) is 26.4 Å². The van der Waals surface area contributed by atoms with Crippen molar-refractivity contribution in [3.63, 3.8) is 0 Å². The molecule has 170 valence electrons. The maximum Gasteiger partial charge on any atom is 0.138 e. The van der Waals surface area contributed by atoms with Gasteiger partial charge in [0.1, 0.15) is 5.75 Å². The molecule has 0 radical (unpaired) electrons. The summed E-state index contributed by atoms with van der Waals surface area (Å²) in [6.45, 7) is 2.94. The van der Waals surface area contributed by atoms with Crippen LogP contribution in [0.5, 0.6) is 0 Å². The van der Waals surface area contributed by atoms with Crippen LogP contribution in [0.4, 0.5) is 5.69 Å². The lowest BCUT2D eigenvalue weighted by molar-refractivity contribution is 0.314. The predicted octanol–water partition coefficient (Wildman–Crippen LogP) is 3.83. The molecule has 3 aromatic rings. The Morgan fingerprint density at radius 2 is 2.03 bits per heavy atom. The number of nitrogens with zero attached hydrogens (tertiary/aromatic N) is 4. The number of fused-ring (bicyclic) bond motifs is 1. The molecular formula is C24H30BrN5OS. The van der Waals surface area contributed by atoms with E-state index in [4.69, 9.17) is 0 Å². The van der Waals surface area contributed by atoms with Gasteiger partial charge in [0.05, 0.1) is 31.2 Å². The number of anilines is 1. The molecule has 4 rings (SSSR count). The molecule has 32 heavy (non-hydrogen) atoms. The molecule has 0 aliphatic carbocycles. The SMILES string of the molecule is CN(C)CC[S+]([O-])N1Cc2cc(Br)ccc2N(Cc2c[nH]cn2)C[C@H]1Cc1ccccc1. The molecule has 0 amide bonds. The zero-order chi connectivity index (χ0) is 22.5. The highest BCUT2D eigenvalue weighted by Gasteiger charge is 2.35. The molecule has 2 heterocycles. The molecule has 1 aliphatic rings. The third-order valence-electron chi connectivity index (χ3n) is 5.74. The molecule has 1 aliphatic heterocycles. The topological polar surface area (TPSA) is 61.5 Å². The van der Waals surface area contributed by atoms with Crippen LogP contribution in [0, 0.1) is 0 Å². The lowest BCUT2D eigenvalue weighted by atomic mass is 10.1. The van der Waals surface area contributed by atoms with E-state index < -0.39 is 11.4 Å². The molecule has 2 atom stereocenters. The van der Waals surface area contributed by atoms with E-state index in [2.05, 4.69) is 82.5 Å². The molecule has 2 aromatic carbocycles. The van der Waals surface area contributed by atoms with Gasteiger partial charge in [0.2, 0.25) is 0 Å². The number of aromatic amines is 1. The highest BCUT2D eigenvalue weighted by Crippen LogP contribution is 2.33. The van der Waals surface area contributed by atoms with Crippen molar-refractivity contribution < 1.29 is 4.55 Å². The van der Waals surface area contributed by atoms with E-state index in [9.17, 15) is 4.55 Å². The minimum Gasteiger partial charge on any atom is -0.598 e. The summed E-state index contributed by atoms with van der Waals surface area (Å²) in [7, 11) is 4.05. The third-order valence-corrected chi connectivity index (χ3v) is 7.72. The van der Waals surface area contributed by atoms with E-state index in [0.29, 0.717) is 18.8 Å². The van der Waals surface area contributed by atoms with Crippen molar-refractivity contribution in [2.24, 2.45) is 0 Å². The summed E-state index contributed by atoms with van der Waals surface area (Å²) in [5.74, 6) is 0.626. The number of hydrogen-bond acceptors (Lipinski definition) is 5. The Bertz CT molecular complexity index is 985. The van der Waals surface area contributed by atoms with Gasteiger partial charge >= 0.3 is 0 Å². The molecule has 6 nitrogen and oxygen atoms in total. The quantitative estimate of drug-likeness (QED) is 0.462. The monoisotopic (exact) mass is 515 g/mol. The van der Waals surface area contributed by atoms with Gasteiger partial charge < -0.3 is 19.3 Å². The summed E-state index contributed by atoms with van der Waals surface area (Å²) >= 11 is 2.55. The second-order valence-electron chi connectivity index (χ2n) is 8.46. The molecule has 0 fully saturated rings. The van der Waals surface area contributed by atoms with Gasteiger partial charge in [-0.25, -0.2) is 4.98 Å². The van der Waals surface area contributed by atoms with Crippen molar-refractivity contribution in [2.45, 2.75) is 25.6 Å². The first kappa shape index (κ1) is 23.3. The van der Waals surface area contributed by atoms with Crippen molar-refractivity contribution in [1.29, 1.82) is 0 Å². The predicted molar refractivity (Wildman–Crippen MR) is 135 cm³/mol. The molecule has 0 spiro atoms. The Kier molecular flexibility index (Phi) is 7.91. The number of halogens is 1. The Labute approximate surface area is 202 Å². The van der Waals surface area contributed by atoms with E-state index in [0.717, 1.165) is 29.7 Å². The van der Waals surface area contributed by atoms with Crippen molar-refractivity contribution in [2.75, 3.05) is 37.8 Å². The highest BCUT2D eigenvalue weighted by molar-refractivity contribution is 9.10. The Morgan fingerprint density at radius 3 is 2.75 bits per heavy atom. The minimum absolute atomic E-state index is 0.116. The van der Waals surface area contributed by atoms with E-state index >= 15 is 0 Å². The number of aromatic nitrogens is 2.